The van der Waals surface area contributed by atoms with E-state index in [1.807, 2.05) is 37.3 Å². The first kappa shape index (κ1) is 31.2. The molecule has 11 nitrogen and oxygen atoms in total. The van der Waals surface area contributed by atoms with Crippen LogP contribution in [0.15, 0.2) is 41.5 Å². The molecule has 0 spiro atoms. The summed E-state index contributed by atoms with van der Waals surface area (Å²) in [6, 6.07) is 9.71. The molecule has 3 aromatic rings. The summed E-state index contributed by atoms with van der Waals surface area (Å²) in [5, 5.41) is 2.58. The number of fused-ring (bicyclic) bond motifs is 1. The van der Waals surface area contributed by atoms with Crippen LogP contribution in [-0.4, -0.2) is 56.8 Å². The summed E-state index contributed by atoms with van der Waals surface area (Å²) in [4.78, 5) is 50.9. The molecule has 5 rings (SSSR count). The van der Waals surface area contributed by atoms with Crippen LogP contribution in [-0.2, 0) is 30.1 Å². The van der Waals surface area contributed by atoms with E-state index < -0.39 is 37.4 Å². The number of carbonyl (C=O) groups is 2. The largest absolute Gasteiger partial charge is 0.408 e. The lowest BCUT2D eigenvalue weighted by Crippen LogP contribution is -2.59. The molecule has 12 heteroatoms. The van der Waals surface area contributed by atoms with Crippen molar-refractivity contribution in [1.82, 2.24) is 19.5 Å². The van der Waals surface area contributed by atoms with Gasteiger partial charge < -0.3 is 13.9 Å². The van der Waals surface area contributed by atoms with Crippen molar-refractivity contribution in [2.24, 2.45) is 5.92 Å². The number of benzene rings is 1. The van der Waals surface area contributed by atoms with Crippen molar-refractivity contribution in [2.75, 3.05) is 5.32 Å². The van der Waals surface area contributed by atoms with Crippen molar-refractivity contribution in [3.63, 3.8) is 0 Å². The Labute approximate surface area is 252 Å². The van der Waals surface area contributed by atoms with Crippen LogP contribution in [0.1, 0.15) is 72.6 Å². The van der Waals surface area contributed by atoms with Gasteiger partial charge in [0.25, 0.3) is 5.56 Å². The van der Waals surface area contributed by atoms with Gasteiger partial charge >= 0.3 is 0 Å². The van der Waals surface area contributed by atoms with E-state index in [1.54, 1.807) is 13.8 Å². The molecule has 0 radical (unpaired) electrons. The topological polar surface area (TPSA) is 137 Å². The molecule has 1 aliphatic carbocycles. The highest BCUT2D eigenvalue weighted by Gasteiger charge is 2.72. The van der Waals surface area contributed by atoms with Gasteiger partial charge in [0.05, 0.1) is 18.5 Å². The van der Waals surface area contributed by atoms with Gasteiger partial charge in [0.2, 0.25) is 17.6 Å². The normalized spacial score (nSPS) is 23.7. The van der Waals surface area contributed by atoms with Crippen LogP contribution in [0.2, 0.25) is 18.1 Å². The zero-order chi connectivity index (χ0) is 31.4. The predicted molar refractivity (Wildman–Crippen MR) is 165 cm³/mol. The van der Waals surface area contributed by atoms with Gasteiger partial charge in [-0.1, -0.05) is 71.9 Å². The van der Waals surface area contributed by atoms with Crippen molar-refractivity contribution in [1.29, 1.82) is 0 Å². The molecular formula is C31H43N5O6Si. The standard InChI is InChI=1S/C31H43N5O6Si/c1-9-31(30(15-16-30)42-43(7,8)29(4,5)6)23(40-17-20-13-11-10-12-14-20)22(37)27(41-31)36-18-32-21-24(36)33-28(35-26(21)39)34-25(38)19(2)3/h10-14,18-19,23,27H,9,15-17H2,1-8H3,(H2,33,34,35,38,39)/t23?,27-,31-/m1/s1. The Hall–Kier alpha value is -3.19. The molecule has 43 heavy (non-hydrogen) atoms. The lowest BCUT2D eigenvalue weighted by atomic mass is 9.85. The molecule has 1 amide bonds. The highest BCUT2D eigenvalue weighted by molar-refractivity contribution is 6.74. The number of imidazole rings is 1. The number of nitrogens with one attached hydrogen (secondary N) is 2. The Morgan fingerprint density at radius 1 is 1.21 bits per heavy atom. The molecule has 0 bridgehead atoms. The molecule has 3 atom stereocenters. The minimum atomic E-state index is -2.28. The summed E-state index contributed by atoms with van der Waals surface area (Å²) in [5.41, 5.74) is -1.21. The lowest BCUT2D eigenvalue weighted by Gasteiger charge is -2.47. The van der Waals surface area contributed by atoms with E-state index in [1.165, 1.54) is 10.9 Å². The first-order valence-electron chi connectivity index (χ1n) is 15.0. The number of rotatable bonds is 10. The fourth-order valence-electron chi connectivity index (χ4n) is 5.56. The molecule has 3 heterocycles. The third kappa shape index (κ3) is 5.50. The second-order valence-corrected chi connectivity index (χ2v) is 18.3. The van der Waals surface area contributed by atoms with Crippen LogP contribution < -0.4 is 10.9 Å². The second-order valence-electron chi connectivity index (χ2n) is 13.5. The van der Waals surface area contributed by atoms with Crippen LogP contribution in [0.25, 0.3) is 11.2 Å². The summed E-state index contributed by atoms with van der Waals surface area (Å²) in [5.74, 6) is -0.951. The molecule has 1 saturated heterocycles. The number of Topliss-reactive ketones (excluding diaryl/α,β-unsaturated/α-hetero) is 1. The average Bonchev–Trinajstić information content (AvgIpc) is 3.48. The number of ketones is 1. The fraction of sp³-hybridized carbons (Fsp3) is 0.581. The highest BCUT2D eigenvalue weighted by atomic mass is 28.4. The van der Waals surface area contributed by atoms with Crippen molar-refractivity contribution in [3.05, 3.63) is 52.6 Å². The van der Waals surface area contributed by atoms with Gasteiger partial charge in [-0.05, 0) is 43.0 Å². The van der Waals surface area contributed by atoms with Gasteiger partial charge in [0.15, 0.2) is 31.8 Å². The number of anilines is 1. The Morgan fingerprint density at radius 2 is 1.88 bits per heavy atom. The van der Waals surface area contributed by atoms with Gasteiger partial charge in [-0.25, -0.2) is 4.98 Å². The first-order valence-corrected chi connectivity index (χ1v) is 17.9. The van der Waals surface area contributed by atoms with Gasteiger partial charge in [0, 0.05) is 5.92 Å². The number of aromatic nitrogens is 4. The van der Waals surface area contributed by atoms with Crippen LogP contribution in [0.3, 0.4) is 0 Å². The van der Waals surface area contributed by atoms with Crippen LogP contribution >= 0.6 is 0 Å². The number of ether oxygens (including phenoxy) is 2. The van der Waals surface area contributed by atoms with E-state index in [9.17, 15) is 14.4 Å². The number of amides is 1. The maximum absolute atomic E-state index is 14.4. The number of hydrogen-bond acceptors (Lipinski definition) is 8. The van der Waals surface area contributed by atoms with Crippen molar-refractivity contribution >= 4 is 37.1 Å². The number of carbonyl (C=O) groups excluding carboxylic acids is 2. The summed E-state index contributed by atoms with van der Waals surface area (Å²) >= 11 is 0. The quantitative estimate of drug-likeness (QED) is 0.303. The van der Waals surface area contributed by atoms with E-state index in [0.717, 1.165) is 18.4 Å². The van der Waals surface area contributed by atoms with E-state index in [4.69, 9.17) is 13.9 Å². The molecule has 1 aliphatic heterocycles. The highest BCUT2D eigenvalue weighted by Crippen LogP contribution is 2.60. The molecular weight excluding hydrogens is 566 g/mol. The predicted octanol–water partition coefficient (Wildman–Crippen LogP) is 5.10. The number of hydrogen-bond donors (Lipinski definition) is 2. The Bertz CT molecular complexity index is 1570. The number of aromatic amines is 1. The summed E-state index contributed by atoms with van der Waals surface area (Å²) in [6.07, 6.45) is 1.25. The van der Waals surface area contributed by atoms with E-state index in [2.05, 4.69) is 54.1 Å². The summed E-state index contributed by atoms with van der Waals surface area (Å²) < 4.78 is 21.9. The molecule has 1 saturated carbocycles. The molecule has 2 aliphatic rings. The van der Waals surface area contributed by atoms with Crippen LogP contribution in [0.5, 0.6) is 0 Å². The maximum atomic E-state index is 14.4. The lowest BCUT2D eigenvalue weighted by molar-refractivity contribution is -0.184. The minimum absolute atomic E-state index is 0.0260. The monoisotopic (exact) mass is 609 g/mol. The van der Waals surface area contributed by atoms with E-state index in [-0.39, 0.29) is 46.4 Å². The molecule has 1 unspecified atom stereocenters. The van der Waals surface area contributed by atoms with Crippen LogP contribution in [0.4, 0.5) is 5.95 Å². The van der Waals surface area contributed by atoms with Crippen molar-refractivity contribution in [3.8, 4) is 0 Å². The molecule has 2 N–H and O–H groups in total. The number of H-pyrrole nitrogens is 1. The zero-order valence-electron chi connectivity index (χ0n) is 26.3. The molecule has 1 aromatic carbocycles. The fourth-order valence-corrected chi connectivity index (χ4v) is 7.22. The molecule has 2 aromatic heterocycles. The Kier molecular flexibility index (Phi) is 8.04. The van der Waals surface area contributed by atoms with Gasteiger partial charge in [-0.15, -0.1) is 0 Å². The van der Waals surface area contributed by atoms with Gasteiger partial charge in [0.1, 0.15) is 5.60 Å². The number of nitrogens with zero attached hydrogens (tertiary/aromatic N) is 3. The zero-order valence-corrected chi connectivity index (χ0v) is 27.3. The molecule has 232 valence electrons. The smallest absolute Gasteiger partial charge is 0.280 e. The third-order valence-corrected chi connectivity index (χ3v) is 13.7. The Morgan fingerprint density at radius 3 is 2.47 bits per heavy atom. The van der Waals surface area contributed by atoms with Gasteiger partial charge in [-0.3, -0.25) is 29.3 Å². The minimum Gasteiger partial charge on any atom is -0.408 e. The second kappa shape index (κ2) is 11.1. The van der Waals surface area contributed by atoms with Crippen LogP contribution in [0, 0.1) is 5.92 Å². The van der Waals surface area contributed by atoms with Crippen molar-refractivity contribution < 1.29 is 23.5 Å². The van der Waals surface area contributed by atoms with Crippen molar-refractivity contribution in [2.45, 2.75) is 109 Å². The first-order chi connectivity index (χ1) is 20.1. The third-order valence-electron chi connectivity index (χ3n) is 9.22. The summed E-state index contributed by atoms with van der Waals surface area (Å²) in [6.45, 7) is 16.7. The van der Waals surface area contributed by atoms with E-state index in [0.29, 0.717) is 6.42 Å². The average molecular weight is 610 g/mol. The maximum Gasteiger partial charge on any atom is 0.280 e. The summed E-state index contributed by atoms with van der Waals surface area (Å²) in [7, 11) is -2.28. The Balaban J connectivity index is 1.58. The SMILES string of the molecule is CC[C@@]1(C2(O[Si](C)(C)C(C)(C)C)CC2)O[C@@H](n2cnc3c(=O)[nH]c(NC(=O)C(C)C)nc32)C(=O)C1OCc1ccccc1. The molecule has 2 fully saturated rings. The van der Waals surface area contributed by atoms with E-state index >= 15 is 0 Å². The van der Waals surface area contributed by atoms with Gasteiger partial charge in [-0.2, -0.15) is 4.98 Å².